The molecule has 0 radical (unpaired) electrons. The summed E-state index contributed by atoms with van der Waals surface area (Å²) in [6, 6.07) is 18.0. The SMILES string of the molecule is Cc1ccc(C)n1NC(=O)c1ccc(NC(=O)[C@@H]2CC(=O)N(c3ccc(Br)cc3)C2)cc1. The summed E-state index contributed by atoms with van der Waals surface area (Å²) in [6.45, 7) is 4.16. The molecule has 0 bridgehead atoms. The monoisotopic (exact) mass is 494 g/mol. The van der Waals surface area contributed by atoms with Crippen molar-refractivity contribution in [3.8, 4) is 0 Å². The van der Waals surface area contributed by atoms with Gasteiger partial charge in [-0.1, -0.05) is 15.9 Å². The fourth-order valence-corrected chi connectivity index (χ4v) is 3.98. The molecule has 1 aliphatic rings. The molecule has 2 aromatic carbocycles. The van der Waals surface area contributed by atoms with E-state index in [0.717, 1.165) is 21.5 Å². The number of carbonyl (C=O) groups is 3. The molecule has 32 heavy (non-hydrogen) atoms. The number of nitrogens with zero attached hydrogens (tertiary/aromatic N) is 2. The molecule has 1 aromatic heterocycles. The predicted molar refractivity (Wildman–Crippen MR) is 127 cm³/mol. The van der Waals surface area contributed by atoms with Crippen LogP contribution in [0.1, 0.15) is 28.2 Å². The van der Waals surface area contributed by atoms with Crippen molar-refractivity contribution in [2.75, 3.05) is 22.2 Å². The molecule has 0 saturated carbocycles. The second-order valence-electron chi connectivity index (χ2n) is 7.84. The smallest absolute Gasteiger partial charge is 0.270 e. The lowest BCUT2D eigenvalue weighted by Crippen LogP contribution is -2.28. The van der Waals surface area contributed by atoms with Gasteiger partial charge in [-0.05, 0) is 74.5 Å². The van der Waals surface area contributed by atoms with Crippen molar-refractivity contribution in [1.29, 1.82) is 0 Å². The summed E-state index contributed by atoms with van der Waals surface area (Å²) in [5.74, 6) is -0.963. The normalized spacial score (nSPS) is 15.7. The highest BCUT2D eigenvalue weighted by Gasteiger charge is 2.35. The number of halogens is 1. The molecule has 164 valence electrons. The number of nitrogens with one attached hydrogen (secondary N) is 2. The van der Waals surface area contributed by atoms with Gasteiger partial charge >= 0.3 is 0 Å². The maximum atomic E-state index is 12.7. The summed E-state index contributed by atoms with van der Waals surface area (Å²) in [5, 5.41) is 2.85. The van der Waals surface area contributed by atoms with Crippen LogP contribution >= 0.6 is 15.9 Å². The van der Waals surface area contributed by atoms with E-state index in [0.29, 0.717) is 17.8 Å². The summed E-state index contributed by atoms with van der Waals surface area (Å²) in [4.78, 5) is 39.3. The Kier molecular flexibility index (Phi) is 6.14. The highest BCUT2D eigenvalue weighted by molar-refractivity contribution is 9.10. The molecule has 1 saturated heterocycles. The minimum Gasteiger partial charge on any atom is -0.326 e. The Labute approximate surface area is 194 Å². The molecular formula is C24H23BrN4O3. The summed E-state index contributed by atoms with van der Waals surface area (Å²) >= 11 is 3.38. The van der Waals surface area contributed by atoms with E-state index in [1.165, 1.54) is 0 Å². The van der Waals surface area contributed by atoms with Crippen molar-refractivity contribution >= 4 is 45.0 Å². The van der Waals surface area contributed by atoms with Gasteiger partial charge in [0.05, 0.1) is 5.92 Å². The average molecular weight is 495 g/mol. The van der Waals surface area contributed by atoms with Crippen molar-refractivity contribution in [3.05, 3.63) is 82.1 Å². The first kappa shape index (κ1) is 21.8. The molecule has 1 fully saturated rings. The van der Waals surface area contributed by atoms with Crippen LogP contribution in [0.2, 0.25) is 0 Å². The Hall–Kier alpha value is -3.39. The van der Waals surface area contributed by atoms with Gasteiger partial charge in [-0.3, -0.25) is 24.5 Å². The third-order valence-corrected chi connectivity index (χ3v) is 6.06. The van der Waals surface area contributed by atoms with Gasteiger partial charge in [0.1, 0.15) is 0 Å². The highest BCUT2D eigenvalue weighted by atomic mass is 79.9. The van der Waals surface area contributed by atoms with Gasteiger partial charge in [0.2, 0.25) is 11.8 Å². The molecule has 3 amide bonds. The van der Waals surface area contributed by atoms with Gasteiger partial charge in [-0.25, -0.2) is 0 Å². The zero-order valence-corrected chi connectivity index (χ0v) is 19.3. The Bertz CT molecular complexity index is 1150. The van der Waals surface area contributed by atoms with E-state index < -0.39 is 5.92 Å². The van der Waals surface area contributed by atoms with Gasteiger partial charge in [0, 0.05) is 45.8 Å². The van der Waals surface area contributed by atoms with Gasteiger partial charge in [0.15, 0.2) is 0 Å². The van der Waals surface area contributed by atoms with Crippen LogP contribution in [0.3, 0.4) is 0 Å². The quantitative estimate of drug-likeness (QED) is 0.556. The largest absolute Gasteiger partial charge is 0.326 e. The maximum absolute atomic E-state index is 12.7. The van der Waals surface area contributed by atoms with E-state index >= 15 is 0 Å². The van der Waals surface area contributed by atoms with Crippen molar-refractivity contribution in [3.63, 3.8) is 0 Å². The van der Waals surface area contributed by atoms with Crippen LogP contribution < -0.4 is 15.6 Å². The van der Waals surface area contributed by atoms with Crippen LogP contribution in [0.4, 0.5) is 11.4 Å². The number of anilines is 2. The number of hydrogen-bond acceptors (Lipinski definition) is 3. The zero-order valence-electron chi connectivity index (χ0n) is 17.8. The van der Waals surface area contributed by atoms with Gasteiger partial charge < -0.3 is 10.2 Å². The van der Waals surface area contributed by atoms with E-state index in [4.69, 9.17) is 0 Å². The number of amides is 3. The molecule has 1 atom stereocenters. The van der Waals surface area contributed by atoms with E-state index in [1.807, 2.05) is 50.2 Å². The number of carbonyl (C=O) groups excluding carboxylic acids is 3. The Morgan fingerprint density at radius 3 is 2.19 bits per heavy atom. The van der Waals surface area contributed by atoms with E-state index in [2.05, 4.69) is 26.7 Å². The topological polar surface area (TPSA) is 83.4 Å². The molecule has 1 aliphatic heterocycles. The van der Waals surface area contributed by atoms with Gasteiger partial charge in [-0.2, -0.15) is 0 Å². The molecule has 0 aliphatic carbocycles. The van der Waals surface area contributed by atoms with E-state index in [9.17, 15) is 14.4 Å². The summed E-state index contributed by atoms with van der Waals surface area (Å²) in [7, 11) is 0. The summed E-state index contributed by atoms with van der Waals surface area (Å²) < 4.78 is 2.66. The van der Waals surface area contributed by atoms with Crippen molar-refractivity contribution < 1.29 is 14.4 Å². The first-order valence-electron chi connectivity index (χ1n) is 10.2. The molecule has 8 heteroatoms. The van der Waals surface area contributed by atoms with Crippen molar-refractivity contribution in [2.45, 2.75) is 20.3 Å². The number of aryl methyl sites for hydroxylation is 2. The Morgan fingerprint density at radius 1 is 0.938 bits per heavy atom. The number of benzene rings is 2. The molecule has 4 rings (SSSR count). The predicted octanol–water partition coefficient (Wildman–Crippen LogP) is 4.24. The number of hydrogen-bond donors (Lipinski definition) is 2. The lowest BCUT2D eigenvalue weighted by molar-refractivity contribution is -0.122. The Morgan fingerprint density at radius 2 is 1.56 bits per heavy atom. The van der Waals surface area contributed by atoms with Crippen molar-refractivity contribution in [2.24, 2.45) is 5.92 Å². The van der Waals surface area contributed by atoms with Crippen molar-refractivity contribution in [1.82, 2.24) is 4.68 Å². The van der Waals surface area contributed by atoms with E-state index in [1.54, 1.807) is 33.8 Å². The molecule has 2 N–H and O–H groups in total. The van der Waals surface area contributed by atoms with Crippen LogP contribution in [0.25, 0.3) is 0 Å². The minimum absolute atomic E-state index is 0.0740. The third-order valence-electron chi connectivity index (χ3n) is 5.53. The lowest BCUT2D eigenvalue weighted by Gasteiger charge is -2.17. The number of aromatic nitrogens is 1. The fourth-order valence-electron chi connectivity index (χ4n) is 3.71. The molecule has 7 nitrogen and oxygen atoms in total. The van der Waals surface area contributed by atoms with E-state index in [-0.39, 0.29) is 24.1 Å². The minimum atomic E-state index is -0.436. The molecule has 3 aromatic rings. The maximum Gasteiger partial charge on any atom is 0.270 e. The summed E-state index contributed by atoms with van der Waals surface area (Å²) in [6.07, 6.45) is 0.165. The fraction of sp³-hybridized carbons (Fsp3) is 0.208. The van der Waals surface area contributed by atoms with Crippen LogP contribution in [0.5, 0.6) is 0 Å². The lowest BCUT2D eigenvalue weighted by atomic mass is 10.1. The first-order valence-corrected chi connectivity index (χ1v) is 11.0. The average Bonchev–Trinajstić information content (AvgIpc) is 3.32. The molecule has 0 spiro atoms. The number of rotatable bonds is 5. The molecule has 0 unspecified atom stereocenters. The van der Waals surface area contributed by atoms with Gasteiger partial charge in [-0.15, -0.1) is 0 Å². The summed E-state index contributed by atoms with van der Waals surface area (Å²) in [5.41, 5.74) is 6.55. The van der Waals surface area contributed by atoms with Gasteiger partial charge in [0.25, 0.3) is 5.91 Å². The second kappa shape index (κ2) is 9.00. The van der Waals surface area contributed by atoms with Crippen LogP contribution in [0, 0.1) is 19.8 Å². The standard InChI is InChI=1S/C24H23BrN4O3/c1-15-3-4-16(2)29(15)27-24(32)17-5-9-20(10-6-17)26-23(31)18-13-22(30)28(14-18)21-11-7-19(25)8-12-21/h3-12,18H,13-14H2,1-2H3,(H,26,31)(H,27,32)/t18-/m1/s1. The van der Waals surface area contributed by atoms with Crippen LogP contribution in [-0.4, -0.2) is 28.9 Å². The second-order valence-corrected chi connectivity index (χ2v) is 8.76. The van der Waals surface area contributed by atoms with Crippen LogP contribution in [-0.2, 0) is 9.59 Å². The third kappa shape index (κ3) is 4.60. The zero-order chi connectivity index (χ0) is 22.8. The first-order chi connectivity index (χ1) is 15.3. The highest BCUT2D eigenvalue weighted by Crippen LogP contribution is 2.27. The Balaban J connectivity index is 1.37. The molecule has 2 heterocycles. The molecular weight excluding hydrogens is 472 g/mol. The van der Waals surface area contributed by atoms with Crippen LogP contribution in [0.15, 0.2) is 65.1 Å².